The maximum absolute atomic E-state index is 12.0. The van der Waals surface area contributed by atoms with Gasteiger partial charge in [-0.3, -0.25) is 0 Å². The SMILES string of the molecule is CCCCC[C@H](O)CC[C@@H]1[C@H]2Cc3cccc(OCC(=O)O[C@@H](C)CC)c3C[C@H]2C[C@H]1O. The van der Waals surface area contributed by atoms with Gasteiger partial charge in [0.1, 0.15) is 5.75 Å². The van der Waals surface area contributed by atoms with Crippen LogP contribution in [0.25, 0.3) is 0 Å². The summed E-state index contributed by atoms with van der Waals surface area (Å²) in [6, 6.07) is 6.08. The number of hydrogen-bond acceptors (Lipinski definition) is 5. The molecule has 1 aromatic rings. The average molecular weight is 447 g/mol. The number of ether oxygens (including phenoxy) is 2. The lowest BCUT2D eigenvalue weighted by atomic mass is 9.73. The third kappa shape index (κ3) is 6.48. The first-order chi connectivity index (χ1) is 15.4. The van der Waals surface area contributed by atoms with E-state index in [9.17, 15) is 15.0 Å². The van der Waals surface area contributed by atoms with E-state index < -0.39 is 0 Å². The molecule has 2 aliphatic rings. The summed E-state index contributed by atoms with van der Waals surface area (Å²) < 4.78 is 11.2. The van der Waals surface area contributed by atoms with E-state index in [0.29, 0.717) is 11.8 Å². The highest BCUT2D eigenvalue weighted by Gasteiger charge is 2.44. The average Bonchev–Trinajstić information content (AvgIpc) is 3.08. The van der Waals surface area contributed by atoms with E-state index in [-0.39, 0.29) is 36.8 Å². The van der Waals surface area contributed by atoms with Crippen molar-refractivity contribution in [1.82, 2.24) is 0 Å². The molecular weight excluding hydrogens is 404 g/mol. The number of hydrogen-bond donors (Lipinski definition) is 2. The van der Waals surface area contributed by atoms with Crippen LogP contribution in [0.2, 0.25) is 0 Å². The van der Waals surface area contributed by atoms with Crippen LogP contribution in [0.4, 0.5) is 0 Å². The molecule has 3 rings (SSSR count). The predicted octanol–water partition coefficient (Wildman–Crippen LogP) is 4.84. The van der Waals surface area contributed by atoms with Gasteiger partial charge in [-0.1, -0.05) is 45.2 Å². The first-order valence-corrected chi connectivity index (χ1v) is 12.7. The number of carbonyl (C=O) groups excluding carboxylic acids is 1. The smallest absolute Gasteiger partial charge is 0.344 e. The minimum atomic E-state index is -0.334. The van der Waals surface area contributed by atoms with Crippen LogP contribution >= 0.6 is 0 Å². The summed E-state index contributed by atoms with van der Waals surface area (Å²) in [7, 11) is 0. The Labute approximate surface area is 193 Å². The predicted molar refractivity (Wildman–Crippen MR) is 126 cm³/mol. The molecule has 1 saturated carbocycles. The van der Waals surface area contributed by atoms with Crippen LogP contribution in [0.1, 0.15) is 83.3 Å². The zero-order chi connectivity index (χ0) is 23.1. The lowest BCUT2D eigenvalue weighted by molar-refractivity contribution is -0.150. The van der Waals surface area contributed by atoms with E-state index in [1.807, 2.05) is 26.0 Å². The molecule has 0 amide bonds. The first kappa shape index (κ1) is 25.0. The summed E-state index contributed by atoms with van der Waals surface area (Å²) in [5, 5.41) is 21.2. The fourth-order valence-electron chi connectivity index (χ4n) is 5.58. The van der Waals surface area contributed by atoms with Crippen LogP contribution < -0.4 is 4.74 Å². The van der Waals surface area contributed by atoms with Crippen molar-refractivity contribution in [2.24, 2.45) is 17.8 Å². The summed E-state index contributed by atoms with van der Waals surface area (Å²) in [5.41, 5.74) is 2.44. The van der Waals surface area contributed by atoms with Gasteiger partial charge in [-0.05, 0) is 86.8 Å². The summed E-state index contributed by atoms with van der Waals surface area (Å²) >= 11 is 0. The Hall–Kier alpha value is -1.59. The van der Waals surface area contributed by atoms with Gasteiger partial charge >= 0.3 is 5.97 Å². The molecule has 0 aliphatic heterocycles. The van der Waals surface area contributed by atoms with Crippen LogP contribution in [-0.2, 0) is 22.4 Å². The molecular formula is C27H42O5. The highest BCUT2D eigenvalue weighted by molar-refractivity contribution is 5.71. The monoisotopic (exact) mass is 446 g/mol. The molecule has 32 heavy (non-hydrogen) atoms. The van der Waals surface area contributed by atoms with E-state index in [2.05, 4.69) is 13.0 Å². The zero-order valence-electron chi connectivity index (χ0n) is 20.1. The molecule has 0 unspecified atom stereocenters. The molecule has 0 heterocycles. The number of aliphatic hydroxyl groups excluding tert-OH is 2. The van der Waals surface area contributed by atoms with E-state index in [1.165, 1.54) is 24.0 Å². The van der Waals surface area contributed by atoms with Crippen molar-refractivity contribution in [3.8, 4) is 5.75 Å². The van der Waals surface area contributed by atoms with E-state index >= 15 is 0 Å². The van der Waals surface area contributed by atoms with Crippen molar-refractivity contribution in [2.45, 2.75) is 103 Å². The fraction of sp³-hybridized carbons (Fsp3) is 0.741. The molecule has 5 nitrogen and oxygen atoms in total. The second-order valence-electron chi connectivity index (χ2n) is 9.92. The molecule has 0 radical (unpaired) electrons. The third-order valence-electron chi connectivity index (χ3n) is 7.57. The number of unbranched alkanes of at least 4 members (excludes halogenated alkanes) is 2. The molecule has 0 spiro atoms. The zero-order valence-corrected chi connectivity index (χ0v) is 20.1. The van der Waals surface area contributed by atoms with Crippen molar-refractivity contribution in [3.05, 3.63) is 29.3 Å². The Morgan fingerprint density at radius 1 is 1.19 bits per heavy atom. The van der Waals surface area contributed by atoms with E-state index in [1.54, 1.807) is 0 Å². The minimum absolute atomic E-state index is 0.0734. The van der Waals surface area contributed by atoms with E-state index in [0.717, 1.165) is 57.1 Å². The van der Waals surface area contributed by atoms with Gasteiger partial charge in [0, 0.05) is 0 Å². The molecule has 2 N–H and O–H groups in total. The number of carbonyl (C=O) groups is 1. The largest absolute Gasteiger partial charge is 0.482 e. The van der Waals surface area contributed by atoms with Gasteiger partial charge in [-0.15, -0.1) is 0 Å². The molecule has 180 valence electrons. The fourth-order valence-corrected chi connectivity index (χ4v) is 5.58. The lowest BCUT2D eigenvalue weighted by Gasteiger charge is -2.32. The topological polar surface area (TPSA) is 76.0 Å². The van der Waals surface area contributed by atoms with Gasteiger partial charge in [0.25, 0.3) is 0 Å². The third-order valence-corrected chi connectivity index (χ3v) is 7.57. The van der Waals surface area contributed by atoms with Gasteiger partial charge in [0.15, 0.2) is 6.61 Å². The molecule has 0 bridgehead atoms. The highest BCUT2D eigenvalue weighted by Crippen LogP contribution is 2.48. The Morgan fingerprint density at radius 2 is 2.00 bits per heavy atom. The maximum atomic E-state index is 12.0. The van der Waals surface area contributed by atoms with Crippen LogP contribution in [0.3, 0.4) is 0 Å². The Kier molecular flexibility index (Phi) is 9.42. The number of fused-ring (bicyclic) bond motifs is 2. The highest BCUT2D eigenvalue weighted by atomic mass is 16.6. The Bertz CT molecular complexity index is 733. The van der Waals surface area contributed by atoms with E-state index in [4.69, 9.17) is 9.47 Å². The quantitative estimate of drug-likeness (QED) is 0.355. The van der Waals surface area contributed by atoms with Crippen molar-refractivity contribution in [1.29, 1.82) is 0 Å². The van der Waals surface area contributed by atoms with Gasteiger partial charge in [0.2, 0.25) is 0 Å². The lowest BCUT2D eigenvalue weighted by Crippen LogP contribution is -2.28. The molecule has 0 aromatic heterocycles. The summed E-state index contributed by atoms with van der Waals surface area (Å²) in [4.78, 5) is 12.0. The number of rotatable bonds is 12. The van der Waals surface area contributed by atoms with Crippen LogP contribution in [0.5, 0.6) is 5.75 Å². The molecule has 6 atom stereocenters. The maximum Gasteiger partial charge on any atom is 0.344 e. The second-order valence-corrected chi connectivity index (χ2v) is 9.92. The van der Waals surface area contributed by atoms with Gasteiger partial charge in [-0.25, -0.2) is 4.79 Å². The van der Waals surface area contributed by atoms with Gasteiger partial charge in [0.05, 0.1) is 18.3 Å². The van der Waals surface area contributed by atoms with Crippen molar-refractivity contribution in [2.75, 3.05) is 6.61 Å². The normalized spacial score (nSPS) is 26.2. The number of benzene rings is 1. The molecule has 0 saturated heterocycles. The van der Waals surface area contributed by atoms with Crippen LogP contribution in [0.15, 0.2) is 18.2 Å². The van der Waals surface area contributed by atoms with Crippen molar-refractivity contribution in [3.63, 3.8) is 0 Å². The van der Waals surface area contributed by atoms with Crippen molar-refractivity contribution >= 4 is 5.97 Å². The second kappa shape index (κ2) is 12.0. The van der Waals surface area contributed by atoms with Gasteiger partial charge in [-0.2, -0.15) is 0 Å². The first-order valence-electron chi connectivity index (χ1n) is 12.7. The van der Waals surface area contributed by atoms with Crippen LogP contribution in [0, 0.1) is 17.8 Å². The van der Waals surface area contributed by atoms with Gasteiger partial charge < -0.3 is 19.7 Å². The summed E-state index contributed by atoms with van der Waals surface area (Å²) in [6.45, 7) is 5.97. The number of aliphatic hydroxyl groups is 2. The molecule has 1 fully saturated rings. The molecule has 5 heteroatoms. The van der Waals surface area contributed by atoms with Crippen LogP contribution in [-0.4, -0.2) is 41.1 Å². The van der Waals surface area contributed by atoms with Crippen molar-refractivity contribution < 1.29 is 24.5 Å². The molecule has 1 aromatic carbocycles. The summed E-state index contributed by atoms with van der Waals surface area (Å²) in [6.07, 6.45) is 8.73. The standard InChI is InChI=1S/C27H42O5/c1-4-6-7-10-21(28)12-13-22-23-14-19-9-8-11-26(24(19)15-20(23)16-25(22)29)31-17-27(30)32-18(3)5-2/h8-9,11,18,20-23,25,28-29H,4-7,10,12-17H2,1-3H3/t18-,20-,21-,22+,23-,25+/m0/s1. The number of esters is 1. The summed E-state index contributed by atoms with van der Waals surface area (Å²) in [5.74, 6) is 1.57. The molecule has 2 aliphatic carbocycles. The Balaban J connectivity index is 1.59. The Morgan fingerprint density at radius 3 is 2.75 bits per heavy atom. The minimum Gasteiger partial charge on any atom is -0.482 e.